The predicted octanol–water partition coefficient (Wildman–Crippen LogP) is 1.50. The van der Waals surface area contributed by atoms with Crippen molar-refractivity contribution in [2.45, 2.75) is 13.0 Å². The molecular weight excluding hydrogens is 194 g/mol. The van der Waals surface area contributed by atoms with Gasteiger partial charge in [-0.3, -0.25) is 0 Å². The standard InChI is InChI=1S/C11H17NO3/c1-8(13)7-12-10-5-4-9(14-2)6-11(10)15-3/h4-6,8,12-13H,7H2,1-3H3. The zero-order valence-corrected chi connectivity index (χ0v) is 9.28. The largest absolute Gasteiger partial charge is 0.497 e. The van der Waals surface area contributed by atoms with E-state index in [2.05, 4.69) is 5.32 Å². The molecule has 0 aliphatic rings. The van der Waals surface area contributed by atoms with Crippen LogP contribution in [0.1, 0.15) is 6.92 Å². The van der Waals surface area contributed by atoms with Crippen LogP contribution < -0.4 is 14.8 Å². The number of benzene rings is 1. The quantitative estimate of drug-likeness (QED) is 0.775. The molecule has 84 valence electrons. The fraction of sp³-hybridized carbons (Fsp3) is 0.455. The Morgan fingerprint density at radius 3 is 2.60 bits per heavy atom. The SMILES string of the molecule is COc1ccc(NCC(C)O)c(OC)c1. The van der Waals surface area contributed by atoms with Gasteiger partial charge in [0.05, 0.1) is 26.0 Å². The van der Waals surface area contributed by atoms with Crippen molar-refractivity contribution in [3.05, 3.63) is 18.2 Å². The molecule has 1 atom stereocenters. The van der Waals surface area contributed by atoms with Crippen molar-refractivity contribution in [3.63, 3.8) is 0 Å². The number of anilines is 1. The van der Waals surface area contributed by atoms with Gasteiger partial charge in [0.15, 0.2) is 0 Å². The second kappa shape index (κ2) is 5.46. The number of rotatable bonds is 5. The summed E-state index contributed by atoms with van der Waals surface area (Å²) in [5.41, 5.74) is 0.846. The fourth-order valence-electron chi connectivity index (χ4n) is 1.20. The fourth-order valence-corrected chi connectivity index (χ4v) is 1.20. The highest BCUT2D eigenvalue weighted by atomic mass is 16.5. The molecule has 2 N–H and O–H groups in total. The third kappa shape index (κ3) is 3.32. The van der Waals surface area contributed by atoms with Crippen LogP contribution in [0, 0.1) is 0 Å². The minimum atomic E-state index is -0.392. The molecule has 0 aromatic heterocycles. The van der Waals surface area contributed by atoms with Crippen molar-refractivity contribution >= 4 is 5.69 Å². The van der Waals surface area contributed by atoms with Gasteiger partial charge in [0, 0.05) is 12.6 Å². The van der Waals surface area contributed by atoms with Gasteiger partial charge in [0.2, 0.25) is 0 Å². The maximum absolute atomic E-state index is 9.15. The molecule has 15 heavy (non-hydrogen) atoms. The summed E-state index contributed by atoms with van der Waals surface area (Å²) in [6, 6.07) is 5.50. The Morgan fingerprint density at radius 2 is 2.07 bits per heavy atom. The molecule has 1 rings (SSSR count). The van der Waals surface area contributed by atoms with E-state index in [-0.39, 0.29) is 0 Å². The Labute approximate surface area is 89.8 Å². The lowest BCUT2D eigenvalue weighted by molar-refractivity contribution is 0.208. The van der Waals surface area contributed by atoms with Crippen LogP contribution in [0.2, 0.25) is 0 Å². The molecule has 0 spiro atoms. The van der Waals surface area contributed by atoms with Crippen LogP contribution in [0.5, 0.6) is 11.5 Å². The normalized spacial score (nSPS) is 12.0. The molecule has 0 aliphatic carbocycles. The molecule has 0 saturated carbocycles. The topological polar surface area (TPSA) is 50.7 Å². The molecule has 1 aromatic rings. The first-order chi connectivity index (χ1) is 7.17. The summed E-state index contributed by atoms with van der Waals surface area (Å²) in [6.07, 6.45) is -0.392. The molecule has 0 saturated heterocycles. The lowest BCUT2D eigenvalue weighted by Gasteiger charge is -2.13. The highest BCUT2D eigenvalue weighted by Crippen LogP contribution is 2.28. The van der Waals surface area contributed by atoms with Crippen LogP contribution >= 0.6 is 0 Å². The Hall–Kier alpha value is -1.42. The molecule has 1 unspecified atom stereocenters. The third-order valence-electron chi connectivity index (χ3n) is 2.00. The summed E-state index contributed by atoms with van der Waals surface area (Å²) < 4.78 is 10.3. The maximum Gasteiger partial charge on any atom is 0.145 e. The van der Waals surface area contributed by atoms with E-state index in [0.29, 0.717) is 12.3 Å². The highest BCUT2D eigenvalue weighted by molar-refractivity contribution is 5.59. The minimum absolute atomic E-state index is 0.392. The highest BCUT2D eigenvalue weighted by Gasteiger charge is 2.05. The first-order valence-electron chi connectivity index (χ1n) is 4.81. The van der Waals surface area contributed by atoms with Crippen molar-refractivity contribution in [1.82, 2.24) is 0 Å². The summed E-state index contributed by atoms with van der Waals surface area (Å²) in [5.74, 6) is 1.45. The number of ether oxygens (including phenoxy) is 2. The average Bonchev–Trinajstić information content (AvgIpc) is 2.25. The van der Waals surface area contributed by atoms with Crippen LogP contribution in [-0.4, -0.2) is 32.0 Å². The van der Waals surface area contributed by atoms with Crippen LogP contribution in [0.25, 0.3) is 0 Å². The molecule has 0 heterocycles. The first kappa shape index (κ1) is 11.7. The molecule has 0 radical (unpaired) electrons. The molecule has 0 fully saturated rings. The van der Waals surface area contributed by atoms with E-state index in [4.69, 9.17) is 14.6 Å². The molecule has 1 aromatic carbocycles. The van der Waals surface area contributed by atoms with E-state index in [9.17, 15) is 0 Å². The van der Waals surface area contributed by atoms with Gasteiger partial charge in [-0.25, -0.2) is 0 Å². The Kier molecular flexibility index (Phi) is 4.24. The first-order valence-corrected chi connectivity index (χ1v) is 4.81. The van der Waals surface area contributed by atoms with Gasteiger partial charge in [-0.15, -0.1) is 0 Å². The third-order valence-corrected chi connectivity index (χ3v) is 2.00. The van der Waals surface area contributed by atoms with E-state index >= 15 is 0 Å². The Balaban J connectivity index is 2.78. The summed E-state index contributed by atoms with van der Waals surface area (Å²) in [7, 11) is 3.21. The van der Waals surface area contributed by atoms with Crippen LogP contribution in [0.15, 0.2) is 18.2 Å². The van der Waals surface area contributed by atoms with Gasteiger partial charge in [-0.2, -0.15) is 0 Å². The Morgan fingerprint density at radius 1 is 1.33 bits per heavy atom. The van der Waals surface area contributed by atoms with E-state index in [1.54, 1.807) is 27.2 Å². The summed E-state index contributed by atoms with van der Waals surface area (Å²) in [5, 5.41) is 12.2. The molecule has 0 amide bonds. The van der Waals surface area contributed by atoms with Crippen molar-refractivity contribution in [1.29, 1.82) is 0 Å². The number of nitrogens with one attached hydrogen (secondary N) is 1. The molecule has 0 aliphatic heterocycles. The summed E-state index contributed by atoms with van der Waals surface area (Å²) in [4.78, 5) is 0. The lowest BCUT2D eigenvalue weighted by atomic mass is 10.2. The van der Waals surface area contributed by atoms with Gasteiger partial charge in [-0.1, -0.05) is 0 Å². The minimum Gasteiger partial charge on any atom is -0.497 e. The van der Waals surface area contributed by atoms with E-state index in [1.165, 1.54) is 0 Å². The monoisotopic (exact) mass is 211 g/mol. The average molecular weight is 211 g/mol. The zero-order chi connectivity index (χ0) is 11.3. The maximum atomic E-state index is 9.15. The van der Waals surface area contributed by atoms with E-state index in [1.807, 2.05) is 12.1 Å². The number of methoxy groups -OCH3 is 2. The van der Waals surface area contributed by atoms with E-state index in [0.717, 1.165) is 11.4 Å². The zero-order valence-electron chi connectivity index (χ0n) is 9.28. The van der Waals surface area contributed by atoms with Gasteiger partial charge in [0.1, 0.15) is 11.5 Å². The van der Waals surface area contributed by atoms with Crippen LogP contribution in [0.4, 0.5) is 5.69 Å². The van der Waals surface area contributed by atoms with Crippen molar-refractivity contribution in [2.24, 2.45) is 0 Å². The number of aliphatic hydroxyl groups excluding tert-OH is 1. The second-order valence-electron chi connectivity index (χ2n) is 3.30. The summed E-state index contributed by atoms with van der Waals surface area (Å²) >= 11 is 0. The van der Waals surface area contributed by atoms with Gasteiger partial charge >= 0.3 is 0 Å². The Bertz CT molecular complexity index is 313. The van der Waals surface area contributed by atoms with Crippen LogP contribution in [0.3, 0.4) is 0 Å². The predicted molar refractivity (Wildman–Crippen MR) is 59.7 cm³/mol. The van der Waals surface area contributed by atoms with Gasteiger partial charge in [0.25, 0.3) is 0 Å². The molecule has 0 bridgehead atoms. The smallest absolute Gasteiger partial charge is 0.145 e. The van der Waals surface area contributed by atoms with Crippen molar-refractivity contribution < 1.29 is 14.6 Å². The molecule has 4 heteroatoms. The number of hydrogen-bond donors (Lipinski definition) is 2. The number of aliphatic hydroxyl groups is 1. The van der Waals surface area contributed by atoms with Crippen molar-refractivity contribution in [3.8, 4) is 11.5 Å². The number of hydrogen-bond acceptors (Lipinski definition) is 4. The lowest BCUT2D eigenvalue weighted by Crippen LogP contribution is -2.15. The van der Waals surface area contributed by atoms with Gasteiger partial charge in [-0.05, 0) is 19.1 Å². The van der Waals surface area contributed by atoms with Gasteiger partial charge < -0.3 is 19.9 Å². The second-order valence-corrected chi connectivity index (χ2v) is 3.30. The summed E-state index contributed by atoms with van der Waals surface area (Å²) in [6.45, 7) is 2.21. The van der Waals surface area contributed by atoms with E-state index < -0.39 is 6.10 Å². The molecule has 4 nitrogen and oxygen atoms in total. The molecular formula is C11H17NO3. The van der Waals surface area contributed by atoms with Crippen molar-refractivity contribution in [2.75, 3.05) is 26.1 Å². The van der Waals surface area contributed by atoms with Crippen LogP contribution in [-0.2, 0) is 0 Å².